The van der Waals surface area contributed by atoms with Crippen LogP contribution in [0.3, 0.4) is 0 Å². The molecule has 3 aromatic rings. The first-order chi connectivity index (χ1) is 12.2. The minimum Gasteiger partial charge on any atom is -0.348 e. The van der Waals surface area contributed by atoms with Gasteiger partial charge in [-0.2, -0.15) is 5.10 Å². The van der Waals surface area contributed by atoms with Crippen LogP contribution in [0.15, 0.2) is 36.7 Å². The lowest BCUT2D eigenvalue weighted by Gasteiger charge is -2.08. The molecule has 0 saturated heterocycles. The largest absolute Gasteiger partial charge is 0.348 e. The quantitative estimate of drug-likeness (QED) is 0.731. The Morgan fingerprint density at radius 2 is 2.08 bits per heavy atom. The maximum Gasteiger partial charge on any atom is 0.257 e. The lowest BCUT2D eigenvalue weighted by Crippen LogP contribution is -2.23. The number of benzene rings is 1. The molecule has 0 spiro atoms. The molecule has 1 aromatic carbocycles. The SMILES string of the molecule is O=C(NCc1cccc(Cl)c1)c1cnn2c3c(cnc12)CCCCC3. The van der Waals surface area contributed by atoms with Crippen molar-refractivity contribution in [3.05, 3.63) is 64.1 Å². The molecule has 0 unspecified atom stereocenters. The first-order valence-corrected chi connectivity index (χ1v) is 8.97. The number of nitrogens with one attached hydrogen (secondary N) is 1. The molecule has 128 valence electrons. The highest BCUT2D eigenvalue weighted by atomic mass is 35.5. The van der Waals surface area contributed by atoms with Crippen LogP contribution in [-0.2, 0) is 19.4 Å². The van der Waals surface area contributed by atoms with Crippen LogP contribution in [0.25, 0.3) is 5.65 Å². The maximum atomic E-state index is 12.6. The Labute approximate surface area is 151 Å². The number of amides is 1. The fraction of sp³-hybridized carbons (Fsp3) is 0.316. The van der Waals surface area contributed by atoms with Crippen molar-refractivity contribution in [1.29, 1.82) is 0 Å². The van der Waals surface area contributed by atoms with Crippen LogP contribution in [0.4, 0.5) is 0 Å². The zero-order chi connectivity index (χ0) is 17.2. The van der Waals surface area contributed by atoms with Crippen LogP contribution in [0, 0.1) is 0 Å². The molecular formula is C19H19ClN4O. The third-order valence-corrected chi connectivity index (χ3v) is 4.89. The van der Waals surface area contributed by atoms with Gasteiger partial charge in [0.2, 0.25) is 0 Å². The molecule has 0 bridgehead atoms. The Kier molecular flexibility index (Phi) is 4.40. The molecule has 6 heteroatoms. The maximum absolute atomic E-state index is 12.6. The number of aryl methyl sites for hydroxylation is 2. The van der Waals surface area contributed by atoms with Crippen LogP contribution in [0.5, 0.6) is 0 Å². The van der Waals surface area contributed by atoms with Gasteiger partial charge in [0.05, 0.1) is 6.20 Å². The Morgan fingerprint density at radius 3 is 2.96 bits per heavy atom. The van der Waals surface area contributed by atoms with E-state index < -0.39 is 0 Å². The Bertz CT molecular complexity index is 934. The fourth-order valence-electron chi connectivity index (χ4n) is 3.36. The zero-order valence-corrected chi connectivity index (χ0v) is 14.6. The smallest absolute Gasteiger partial charge is 0.257 e. The second-order valence-electron chi connectivity index (χ2n) is 6.40. The second kappa shape index (κ2) is 6.84. The first-order valence-electron chi connectivity index (χ1n) is 8.59. The van der Waals surface area contributed by atoms with E-state index in [-0.39, 0.29) is 5.91 Å². The molecule has 1 N–H and O–H groups in total. The van der Waals surface area contributed by atoms with E-state index in [0.29, 0.717) is 22.8 Å². The predicted octanol–water partition coefficient (Wildman–Crippen LogP) is 3.58. The van der Waals surface area contributed by atoms with Gasteiger partial charge in [-0.25, -0.2) is 9.50 Å². The summed E-state index contributed by atoms with van der Waals surface area (Å²) >= 11 is 5.98. The summed E-state index contributed by atoms with van der Waals surface area (Å²) in [7, 11) is 0. The average molecular weight is 355 g/mol. The minimum absolute atomic E-state index is 0.170. The van der Waals surface area contributed by atoms with E-state index in [9.17, 15) is 4.79 Å². The number of fused-ring (bicyclic) bond motifs is 3. The molecule has 1 aliphatic carbocycles. The number of aromatic nitrogens is 3. The van der Waals surface area contributed by atoms with Crippen molar-refractivity contribution in [3.63, 3.8) is 0 Å². The Morgan fingerprint density at radius 1 is 1.20 bits per heavy atom. The molecule has 1 amide bonds. The van der Waals surface area contributed by atoms with Crippen LogP contribution in [0.2, 0.25) is 5.02 Å². The average Bonchev–Trinajstić information content (AvgIpc) is 2.90. The van der Waals surface area contributed by atoms with Gasteiger partial charge in [0.1, 0.15) is 5.56 Å². The molecule has 0 radical (unpaired) electrons. The number of halogens is 1. The summed E-state index contributed by atoms with van der Waals surface area (Å²) in [5, 5.41) is 8.02. The van der Waals surface area contributed by atoms with Crippen LogP contribution < -0.4 is 5.32 Å². The van der Waals surface area contributed by atoms with Crippen molar-refractivity contribution >= 4 is 23.2 Å². The summed E-state index contributed by atoms with van der Waals surface area (Å²) in [5.41, 5.74) is 4.54. The van der Waals surface area contributed by atoms with E-state index in [1.54, 1.807) is 6.20 Å². The normalized spacial score (nSPS) is 14.1. The van der Waals surface area contributed by atoms with Gasteiger partial charge in [0.25, 0.3) is 5.91 Å². The van der Waals surface area contributed by atoms with Crippen molar-refractivity contribution in [2.24, 2.45) is 0 Å². The number of hydrogen-bond acceptors (Lipinski definition) is 3. The number of carbonyl (C=O) groups excluding carboxylic acids is 1. The summed E-state index contributed by atoms with van der Waals surface area (Å²) < 4.78 is 1.84. The summed E-state index contributed by atoms with van der Waals surface area (Å²) in [6, 6.07) is 7.46. The summed E-state index contributed by atoms with van der Waals surface area (Å²) in [4.78, 5) is 17.1. The molecule has 25 heavy (non-hydrogen) atoms. The van der Waals surface area contributed by atoms with Gasteiger partial charge in [0.15, 0.2) is 5.65 Å². The van der Waals surface area contributed by atoms with Crippen molar-refractivity contribution < 1.29 is 4.79 Å². The van der Waals surface area contributed by atoms with Gasteiger partial charge < -0.3 is 5.32 Å². The van der Waals surface area contributed by atoms with Gasteiger partial charge in [0, 0.05) is 23.5 Å². The van der Waals surface area contributed by atoms with Gasteiger partial charge in [-0.05, 0) is 48.9 Å². The Hall–Kier alpha value is -2.40. The van der Waals surface area contributed by atoms with E-state index in [4.69, 9.17) is 11.6 Å². The van der Waals surface area contributed by atoms with Gasteiger partial charge in [-0.3, -0.25) is 4.79 Å². The van der Waals surface area contributed by atoms with Crippen molar-refractivity contribution in [3.8, 4) is 0 Å². The minimum atomic E-state index is -0.170. The molecule has 0 atom stereocenters. The monoisotopic (exact) mass is 354 g/mol. The van der Waals surface area contributed by atoms with E-state index >= 15 is 0 Å². The van der Waals surface area contributed by atoms with Crippen LogP contribution in [0.1, 0.15) is 46.4 Å². The standard InChI is InChI=1S/C19H19ClN4O/c20-15-7-4-5-13(9-15)10-22-19(25)16-12-23-24-17-8-3-1-2-6-14(17)11-21-18(16)24/h4-5,7,9,11-12H,1-3,6,8,10H2,(H,22,25). The molecule has 1 aliphatic rings. The highest BCUT2D eigenvalue weighted by Crippen LogP contribution is 2.22. The van der Waals surface area contributed by atoms with Crippen molar-refractivity contribution in [2.75, 3.05) is 0 Å². The van der Waals surface area contributed by atoms with E-state index in [2.05, 4.69) is 15.4 Å². The predicted molar refractivity (Wildman–Crippen MR) is 96.9 cm³/mol. The number of carbonyl (C=O) groups is 1. The molecule has 0 aliphatic heterocycles. The fourth-order valence-corrected chi connectivity index (χ4v) is 3.57. The van der Waals surface area contributed by atoms with Gasteiger partial charge >= 0.3 is 0 Å². The van der Waals surface area contributed by atoms with Crippen LogP contribution in [-0.4, -0.2) is 20.5 Å². The molecule has 5 nitrogen and oxygen atoms in total. The highest BCUT2D eigenvalue weighted by molar-refractivity contribution is 6.30. The second-order valence-corrected chi connectivity index (χ2v) is 6.83. The summed E-state index contributed by atoms with van der Waals surface area (Å²) in [6.45, 7) is 0.418. The number of nitrogens with zero attached hydrogens (tertiary/aromatic N) is 3. The molecule has 4 rings (SSSR count). The van der Waals surface area contributed by atoms with Gasteiger partial charge in [-0.15, -0.1) is 0 Å². The summed E-state index contributed by atoms with van der Waals surface area (Å²) in [6.07, 6.45) is 9.11. The molecular weight excluding hydrogens is 336 g/mol. The third kappa shape index (κ3) is 3.24. The van der Waals surface area contributed by atoms with Crippen molar-refractivity contribution in [2.45, 2.75) is 38.6 Å². The van der Waals surface area contributed by atoms with E-state index in [0.717, 1.165) is 24.8 Å². The molecule has 2 aromatic heterocycles. The number of rotatable bonds is 3. The van der Waals surface area contributed by atoms with Gasteiger partial charge in [-0.1, -0.05) is 30.2 Å². The molecule has 0 saturated carbocycles. The zero-order valence-electron chi connectivity index (χ0n) is 13.8. The first kappa shape index (κ1) is 16.1. The number of hydrogen-bond donors (Lipinski definition) is 1. The Balaban J connectivity index is 1.59. The highest BCUT2D eigenvalue weighted by Gasteiger charge is 2.18. The molecule has 0 fully saturated rings. The lowest BCUT2D eigenvalue weighted by atomic mass is 10.1. The molecule has 2 heterocycles. The van der Waals surface area contributed by atoms with E-state index in [1.165, 1.54) is 24.1 Å². The van der Waals surface area contributed by atoms with E-state index in [1.807, 2.05) is 35.0 Å². The lowest BCUT2D eigenvalue weighted by molar-refractivity contribution is 0.0952. The summed E-state index contributed by atoms with van der Waals surface area (Å²) in [5.74, 6) is -0.170. The van der Waals surface area contributed by atoms with Crippen molar-refractivity contribution in [1.82, 2.24) is 19.9 Å². The topological polar surface area (TPSA) is 59.3 Å². The third-order valence-electron chi connectivity index (χ3n) is 4.66. The van der Waals surface area contributed by atoms with Crippen LogP contribution >= 0.6 is 11.6 Å².